The molecule has 0 amide bonds. The number of hydrogen-bond donors (Lipinski definition) is 0. The molecule has 1 aromatic heterocycles. The highest BCUT2D eigenvalue weighted by Crippen LogP contribution is 2.38. The van der Waals surface area contributed by atoms with Crippen LogP contribution in [0.2, 0.25) is 0 Å². The molecule has 2 heteroatoms. The van der Waals surface area contributed by atoms with Crippen molar-refractivity contribution in [1.82, 2.24) is 4.98 Å². The number of rotatable bonds is 7. The van der Waals surface area contributed by atoms with Crippen LogP contribution in [0.15, 0.2) is 12.1 Å². The first-order valence-electron chi connectivity index (χ1n) is 7.96. The van der Waals surface area contributed by atoms with Crippen LogP contribution in [0, 0.1) is 0 Å². The Hall–Kier alpha value is -1.05. The maximum atomic E-state index is 5.61. The Morgan fingerprint density at radius 2 is 1.40 bits per heavy atom. The molecule has 2 nitrogen and oxygen atoms in total. The molecular formula is C18H31NO. The molecule has 0 unspecified atom stereocenters. The molecule has 20 heavy (non-hydrogen) atoms. The summed E-state index contributed by atoms with van der Waals surface area (Å²) in [6.07, 6.45) is 4.38. The zero-order chi connectivity index (χ0) is 15.4. The second kappa shape index (κ2) is 6.60. The van der Waals surface area contributed by atoms with E-state index in [1.807, 2.05) is 0 Å². The van der Waals surface area contributed by atoms with Crippen LogP contribution in [-0.2, 0) is 10.8 Å². The lowest BCUT2D eigenvalue weighted by Crippen LogP contribution is -2.25. The van der Waals surface area contributed by atoms with Gasteiger partial charge in [0.2, 0.25) is 5.88 Å². The van der Waals surface area contributed by atoms with Gasteiger partial charge in [0, 0.05) is 11.0 Å². The fourth-order valence-electron chi connectivity index (χ4n) is 2.63. The third-order valence-electron chi connectivity index (χ3n) is 5.44. The minimum atomic E-state index is 0.140. The van der Waals surface area contributed by atoms with Gasteiger partial charge in [0.05, 0.1) is 12.8 Å². The largest absolute Gasteiger partial charge is 0.481 e. The first-order valence-corrected chi connectivity index (χ1v) is 7.96. The molecule has 0 atom stereocenters. The van der Waals surface area contributed by atoms with Gasteiger partial charge in [-0.2, -0.15) is 0 Å². The van der Waals surface area contributed by atoms with Crippen LogP contribution in [0.4, 0.5) is 0 Å². The number of methoxy groups -OCH3 is 1. The number of ether oxygens (including phenoxy) is 1. The SMILES string of the molecule is CCC(C)(CC)c1ccc(C(C)(CC)CC)c(OC)n1. The van der Waals surface area contributed by atoms with E-state index in [9.17, 15) is 0 Å². The third-order valence-corrected chi connectivity index (χ3v) is 5.44. The molecule has 1 heterocycles. The van der Waals surface area contributed by atoms with Gasteiger partial charge >= 0.3 is 0 Å². The molecule has 0 aliphatic heterocycles. The highest BCUT2D eigenvalue weighted by molar-refractivity contribution is 5.36. The number of nitrogens with zero attached hydrogens (tertiary/aromatic N) is 1. The van der Waals surface area contributed by atoms with Crippen molar-refractivity contribution in [3.05, 3.63) is 23.4 Å². The monoisotopic (exact) mass is 277 g/mol. The summed E-state index contributed by atoms with van der Waals surface area (Å²) in [6.45, 7) is 13.5. The van der Waals surface area contributed by atoms with E-state index in [0.29, 0.717) is 0 Å². The van der Waals surface area contributed by atoms with E-state index in [1.165, 1.54) is 5.56 Å². The fourth-order valence-corrected chi connectivity index (χ4v) is 2.63. The van der Waals surface area contributed by atoms with Crippen molar-refractivity contribution in [2.45, 2.75) is 78.1 Å². The molecule has 0 spiro atoms. The minimum Gasteiger partial charge on any atom is -0.481 e. The Labute approximate surface area is 125 Å². The first kappa shape index (κ1) is 17.0. The van der Waals surface area contributed by atoms with Crippen molar-refractivity contribution < 1.29 is 4.74 Å². The Morgan fingerprint density at radius 3 is 1.80 bits per heavy atom. The zero-order valence-corrected chi connectivity index (χ0v) is 14.3. The predicted molar refractivity (Wildman–Crippen MR) is 86.7 cm³/mol. The van der Waals surface area contributed by atoms with Gasteiger partial charge in [-0.25, -0.2) is 4.98 Å². The van der Waals surface area contributed by atoms with E-state index in [-0.39, 0.29) is 10.8 Å². The lowest BCUT2D eigenvalue weighted by molar-refractivity contribution is 0.349. The number of hydrogen-bond acceptors (Lipinski definition) is 2. The van der Waals surface area contributed by atoms with Gasteiger partial charge in [0.15, 0.2) is 0 Å². The van der Waals surface area contributed by atoms with E-state index < -0.39 is 0 Å². The van der Waals surface area contributed by atoms with Crippen molar-refractivity contribution in [1.29, 1.82) is 0 Å². The predicted octanol–water partition coefficient (Wildman–Crippen LogP) is 5.25. The van der Waals surface area contributed by atoms with Crippen molar-refractivity contribution in [3.63, 3.8) is 0 Å². The van der Waals surface area contributed by atoms with Crippen molar-refractivity contribution in [3.8, 4) is 5.88 Å². The van der Waals surface area contributed by atoms with Crippen molar-refractivity contribution >= 4 is 0 Å². The molecule has 0 bridgehead atoms. The summed E-state index contributed by atoms with van der Waals surface area (Å²) in [5, 5.41) is 0. The normalized spacial score (nSPS) is 12.6. The van der Waals surface area contributed by atoms with Gasteiger partial charge < -0.3 is 4.74 Å². The van der Waals surface area contributed by atoms with E-state index in [4.69, 9.17) is 9.72 Å². The third kappa shape index (κ3) is 2.99. The average molecular weight is 277 g/mol. The molecule has 1 aromatic rings. The zero-order valence-electron chi connectivity index (χ0n) is 14.3. The van der Waals surface area contributed by atoms with Crippen molar-refractivity contribution in [2.75, 3.05) is 7.11 Å². The van der Waals surface area contributed by atoms with E-state index >= 15 is 0 Å². The fraction of sp³-hybridized carbons (Fsp3) is 0.722. The van der Waals surface area contributed by atoms with Crippen LogP contribution in [0.1, 0.15) is 78.5 Å². The quantitative estimate of drug-likeness (QED) is 0.679. The molecule has 1 rings (SSSR count). The van der Waals surface area contributed by atoms with Gasteiger partial charge in [-0.3, -0.25) is 0 Å². The molecular weight excluding hydrogens is 246 g/mol. The maximum Gasteiger partial charge on any atom is 0.217 e. The lowest BCUT2D eigenvalue weighted by Gasteiger charge is -2.31. The van der Waals surface area contributed by atoms with Crippen LogP contribution in [0.25, 0.3) is 0 Å². The minimum absolute atomic E-state index is 0.140. The summed E-state index contributed by atoms with van der Waals surface area (Å²) < 4.78 is 5.61. The van der Waals surface area contributed by atoms with E-state index in [2.05, 4.69) is 53.7 Å². The summed E-state index contributed by atoms with van der Waals surface area (Å²) in [4.78, 5) is 4.84. The summed E-state index contributed by atoms with van der Waals surface area (Å²) >= 11 is 0. The van der Waals surface area contributed by atoms with Crippen LogP contribution in [0.5, 0.6) is 5.88 Å². The Kier molecular flexibility index (Phi) is 5.61. The van der Waals surface area contributed by atoms with Crippen LogP contribution < -0.4 is 4.74 Å². The highest BCUT2D eigenvalue weighted by Gasteiger charge is 2.30. The standard InChI is InChI=1S/C18H31NO/c1-8-17(5,9-2)14-12-13-15(19-16(14)20-7)18(6,10-3)11-4/h12-13H,8-11H2,1-7H3. The second-order valence-electron chi connectivity index (χ2n) is 6.29. The Balaban J connectivity index is 3.34. The number of pyridine rings is 1. The average Bonchev–Trinajstić information content (AvgIpc) is 2.52. The topological polar surface area (TPSA) is 22.1 Å². The Bertz CT molecular complexity index is 431. The van der Waals surface area contributed by atoms with E-state index in [0.717, 1.165) is 37.3 Å². The van der Waals surface area contributed by atoms with Crippen molar-refractivity contribution in [2.24, 2.45) is 0 Å². The highest BCUT2D eigenvalue weighted by atomic mass is 16.5. The number of aromatic nitrogens is 1. The summed E-state index contributed by atoms with van der Waals surface area (Å²) in [5.41, 5.74) is 2.67. The van der Waals surface area contributed by atoms with Crippen LogP contribution >= 0.6 is 0 Å². The van der Waals surface area contributed by atoms with Gasteiger partial charge in [0.1, 0.15) is 0 Å². The summed E-state index contributed by atoms with van der Waals surface area (Å²) in [7, 11) is 1.73. The molecule has 0 aliphatic rings. The molecule has 114 valence electrons. The van der Waals surface area contributed by atoms with Gasteiger partial charge in [-0.1, -0.05) is 47.6 Å². The smallest absolute Gasteiger partial charge is 0.217 e. The Morgan fingerprint density at radius 1 is 0.900 bits per heavy atom. The molecule has 0 N–H and O–H groups in total. The molecule has 0 saturated carbocycles. The second-order valence-corrected chi connectivity index (χ2v) is 6.29. The van der Waals surface area contributed by atoms with Crippen LogP contribution in [-0.4, -0.2) is 12.1 Å². The lowest BCUT2D eigenvalue weighted by atomic mass is 9.76. The van der Waals surface area contributed by atoms with Gasteiger partial charge in [-0.05, 0) is 37.2 Å². The molecule has 0 aromatic carbocycles. The maximum absolute atomic E-state index is 5.61. The summed E-state index contributed by atoms with van der Waals surface area (Å²) in [6, 6.07) is 4.44. The molecule has 0 radical (unpaired) electrons. The van der Waals surface area contributed by atoms with E-state index in [1.54, 1.807) is 7.11 Å². The molecule has 0 fully saturated rings. The molecule has 0 saturated heterocycles. The summed E-state index contributed by atoms with van der Waals surface area (Å²) in [5.74, 6) is 0.807. The van der Waals surface area contributed by atoms with Gasteiger partial charge in [-0.15, -0.1) is 0 Å². The van der Waals surface area contributed by atoms with Crippen LogP contribution in [0.3, 0.4) is 0 Å². The molecule has 0 aliphatic carbocycles. The van der Waals surface area contributed by atoms with Gasteiger partial charge in [0.25, 0.3) is 0 Å². The first-order chi connectivity index (χ1) is 9.40.